The third-order valence-corrected chi connectivity index (χ3v) is 25.1. The third kappa shape index (κ3) is 7.48. The highest BCUT2D eigenvalue weighted by Gasteiger charge is 2.45. The Morgan fingerprint density at radius 1 is 0.237 bits per heavy atom. The van der Waals surface area contributed by atoms with E-state index in [0.29, 0.717) is 0 Å². The molecule has 6 aliphatic rings. The molecule has 14 aromatic rings. The van der Waals surface area contributed by atoms with Gasteiger partial charge in [-0.15, -0.1) is 0 Å². The van der Waals surface area contributed by atoms with Gasteiger partial charge in [-0.2, -0.15) is 0 Å². The molecule has 3 heteroatoms. The van der Waals surface area contributed by atoms with Gasteiger partial charge in [0, 0.05) is 49.2 Å². The molecule has 0 fully saturated rings. The molecule has 20 rings (SSSR count). The smallest absolute Gasteiger partial charge is 0.247 e. The van der Waals surface area contributed by atoms with Gasteiger partial charge in [-0.1, -0.05) is 289 Å². The minimum atomic E-state index is -0.175. The first-order chi connectivity index (χ1) is 46.8. The summed E-state index contributed by atoms with van der Waals surface area (Å²) < 4.78 is 2.68. The molecule has 0 spiro atoms. The van der Waals surface area contributed by atoms with Crippen LogP contribution in [0.5, 0.6) is 0 Å². The van der Waals surface area contributed by atoms with E-state index >= 15 is 0 Å². The van der Waals surface area contributed by atoms with Crippen molar-refractivity contribution in [2.75, 3.05) is 0 Å². The summed E-state index contributed by atoms with van der Waals surface area (Å²) >= 11 is 0. The van der Waals surface area contributed by atoms with Crippen molar-refractivity contribution in [3.8, 4) is 94.7 Å². The molecule has 0 N–H and O–H groups in total. The molecule has 0 amide bonds. The largest absolute Gasteiger partial charge is 0.311 e. The van der Waals surface area contributed by atoms with Gasteiger partial charge in [0.1, 0.15) is 0 Å². The van der Waals surface area contributed by atoms with Gasteiger partial charge in [-0.05, 0) is 219 Å². The monoisotopic (exact) mass is 1240 g/mol. The molecule has 0 unspecified atom stereocenters. The van der Waals surface area contributed by atoms with Crippen LogP contribution in [0, 0.1) is 27.7 Å². The van der Waals surface area contributed by atoms with Gasteiger partial charge in [0.2, 0.25) is 13.4 Å². The maximum Gasteiger partial charge on any atom is 0.247 e. The number of fused-ring (bicyclic) bond motifs is 13. The Hall–Kier alpha value is -10.2. The zero-order valence-electron chi connectivity index (χ0n) is 57.6. The summed E-state index contributed by atoms with van der Waals surface area (Å²) in [6.07, 6.45) is 0. The molecule has 0 bridgehead atoms. The number of nitrogens with zero attached hydrogens (tertiary/aromatic N) is 1. The second-order valence-electron chi connectivity index (χ2n) is 31.7. The van der Waals surface area contributed by atoms with Gasteiger partial charge in [-0.25, -0.2) is 0 Å². The van der Waals surface area contributed by atoms with Crippen LogP contribution in [0.3, 0.4) is 0 Å². The normalized spacial score (nSPS) is 15.7. The van der Waals surface area contributed by atoms with Crippen molar-refractivity contribution in [3.63, 3.8) is 0 Å². The molecule has 1 nitrogen and oxygen atoms in total. The maximum absolute atomic E-state index is 2.68. The van der Waals surface area contributed by atoms with E-state index in [4.69, 9.17) is 0 Å². The summed E-state index contributed by atoms with van der Waals surface area (Å²) in [5.74, 6) is 0. The lowest BCUT2D eigenvalue weighted by molar-refractivity contribution is 0.659. The number of para-hydroxylation sites is 3. The van der Waals surface area contributed by atoms with Crippen LogP contribution < -0.4 is 32.8 Å². The Kier molecular flexibility index (Phi) is 11.4. The number of benzene rings is 13. The molecule has 0 radical (unpaired) electrons. The summed E-state index contributed by atoms with van der Waals surface area (Å²) in [6.45, 7) is 28.8. The molecule has 2 aliphatic heterocycles. The van der Waals surface area contributed by atoms with Gasteiger partial charge in [0.05, 0.1) is 0 Å². The highest BCUT2D eigenvalue weighted by atomic mass is 15.0. The average molecular weight is 1240 g/mol. The highest BCUT2D eigenvalue weighted by molar-refractivity contribution is 7.02. The molecule has 97 heavy (non-hydrogen) atoms. The minimum absolute atomic E-state index is 0.0434. The van der Waals surface area contributed by atoms with Crippen LogP contribution in [0.1, 0.15) is 122 Å². The number of hydrogen-bond donors (Lipinski definition) is 0. The van der Waals surface area contributed by atoms with Crippen molar-refractivity contribution >= 4 is 68.0 Å². The first kappa shape index (κ1) is 57.1. The lowest BCUT2D eigenvalue weighted by Crippen LogP contribution is -2.64. The molecule has 3 heterocycles. The molecule has 0 saturated carbocycles. The quantitative estimate of drug-likeness (QED) is 0.146. The van der Waals surface area contributed by atoms with E-state index in [2.05, 4.69) is 324 Å². The number of aromatic nitrogens is 1. The first-order valence-electron chi connectivity index (χ1n) is 35.3. The number of rotatable bonds is 6. The maximum atomic E-state index is 2.68. The van der Waals surface area contributed by atoms with Crippen molar-refractivity contribution < 1.29 is 0 Å². The van der Waals surface area contributed by atoms with Crippen molar-refractivity contribution in [1.29, 1.82) is 0 Å². The van der Waals surface area contributed by atoms with Crippen LogP contribution in [0.25, 0.3) is 117 Å². The Morgan fingerprint density at radius 2 is 0.495 bits per heavy atom. The van der Waals surface area contributed by atoms with E-state index in [1.165, 1.54) is 216 Å². The fourth-order valence-corrected chi connectivity index (χ4v) is 20.3. The SMILES string of the molecule is Cc1cc(-c2ccc3c(c2)C(C)(C)c2cc(-c4ccc5c(c4)C(C)(C)c4ccccc4-5)ccc2-3)cc(C)c1B1c2cccc3c2-n2c4c1cccc4c1cccc(c12)B3c1c(C)cc(-c2ccc3c(c2)C(C)(C)c2cc(-c4ccc5c(c4)C(C)(C)c4ccccc4-5)ccc2-3)cc1C. The molecule has 1 aromatic heterocycles. The van der Waals surface area contributed by atoms with Crippen LogP contribution in [-0.2, 0) is 21.7 Å². The molecule has 4 aliphatic carbocycles. The van der Waals surface area contributed by atoms with Gasteiger partial charge < -0.3 is 4.57 Å². The Morgan fingerprint density at radius 3 is 0.814 bits per heavy atom. The van der Waals surface area contributed by atoms with Crippen LogP contribution in [0.15, 0.2) is 237 Å². The van der Waals surface area contributed by atoms with Crippen molar-refractivity contribution in [1.82, 2.24) is 4.57 Å². The molecule has 0 saturated heterocycles. The third-order valence-electron chi connectivity index (χ3n) is 25.1. The number of aryl methyl sites for hydroxylation is 4. The Labute approximate surface area is 571 Å². The summed E-state index contributed by atoms with van der Waals surface area (Å²) in [6, 6.07) is 92.8. The first-order valence-corrected chi connectivity index (χ1v) is 35.3. The van der Waals surface area contributed by atoms with Crippen LogP contribution >= 0.6 is 0 Å². The molecule has 462 valence electrons. The Bertz CT molecular complexity index is 5550. The second kappa shape index (κ2) is 19.3. The fraction of sp³-hybridized carbons (Fsp3) is 0.170. The second-order valence-corrected chi connectivity index (χ2v) is 31.7. The fourth-order valence-electron chi connectivity index (χ4n) is 20.3. The lowest BCUT2D eigenvalue weighted by Gasteiger charge is -2.36. The Balaban J connectivity index is 0.637. The van der Waals surface area contributed by atoms with Crippen LogP contribution in [-0.4, -0.2) is 18.0 Å². The van der Waals surface area contributed by atoms with Crippen LogP contribution in [0.4, 0.5) is 0 Å². The molecular weight excluding hydrogens is 1160 g/mol. The summed E-state index contributed by atoms with van der Waals surface area (Å²) in [5.41, 5.74) is 49.7. The van der Waals surface area contributed by atoms with Gasteiger partial charge in [0.25, 0.3) is 0 Å². The lowest BCUT2D eigenvalue weighted by atomic mass is 9.30. The zero-order chi connectivity index (χ0) is 65.8. The van der Waals surface area contributed by atoms with Crippen molar-refractivity contribution in [2.24, 2.45) is 0 Å². The summed E-state index contributed by atoms with van der Waals surface area (Å²) in [4.78, 5) is 0. The minimum Gasteiger partial charge on any atom is -0.311 e. The number of hydrogen-bond acceptors (Lipinski definition) is 0. The van der Waals surface area contributed by atoms with Crippen molar-refractivity contribution in [2.45, 2.75) is 105 Å². The predicted octanol–water partition coefficient (Wildman–Crippen LogP) is 19.6. The molecular formula is C94H75B2N. The summed E-state index contributed by atoms with van der Waals surface area (Å²) in [7, 11) is 0. The summed E-state index contributed by atoms with van der Waals surface area (Å²) in [5, 5.41) is 2.67. The van der Waals surface area contributed by atoms with E-state index in [1.807, 2.05) is 0 Å². The van der Waals surface area contributed by atoms with Gasteiger partial charge in [-0.3, -0.25) is 0 Å². The standard InChI is InChI=1S/C94H75B2N/c1-52-42-62(60-34-40-70-68-38-32-58(48-78(68)93(9,10)80(70)50-60)56-30-36-66-64-20-13-15-24-74(64)91(5,6)76(66)46-56)43-53(2)86(52)95-82-26-17-22-72-73-23-18-27-83-89(73)97(88(72)82)90-84(95)28-19-29-85(90)96(83)87-54(3)44-63(45-55(87)4)61-35-41-71-69-39-33-59(49-79(69)94(11,12)81(71)51-61)57-31-37-67-65-21-14-16-25-75(65)92(7,8)77(67)47-57/h13-51H,1-12H3. The van der Waals surface area contributed by atoms with Crippen molar-refractivity contribution in [3.05, 3.63) is 303 Å². The highest BCUT2D eigenvalue weighted by Crippen LogP contribution is 2.56. The van der Waals surface area contributed by atoms with Crippen LogP contribution in [0.2, 0.25) is 0 Å². The van der Waals surface area contributed by atoms with Gasteiger partial charge >= 0.3 is 0 Å². The van der Waals surface area contributed by atoms with E-state index in [0.717, 1.165) is 0 Å². The zero-order valence-corrected chi connectivity index (χ0v) is 57.6. The van der Waals surface area contributed by atoms with E-state index in [1.54, 1.807) is 0 Å². The average Bonchev–Trinajstić information content (AvgIpc) is 1.63. The van der Waals surface area contributed by atoms with Gasteiger partial charge in [0.15, 0.2) is 0 Å². The van der Waals surface area contributed by atoms with E-state index in [-0.39, 0.29) is 35.1 Å². The molecule has 0 atom stereocenters. The topological polar surface area (TPSA) is 4.93 Å². The predicted molar refractivity (Wildman–Crippen MR) is 414 cm³/mol. The molecule has 13 aromatic carbocycles. The van der Waals surface area contributed by atoms with E-state index < -0.39 is 0 Å². The van der Waals surface area contributed by atoms with E-state index in [9.17, 15) is 0 Å².